The van der Waals surface area contributed by atoms with Crippen LogP contribution in [0.25, 0.3) is 0 Å². The number of hydrogen-bond acceptors (Lipinski definition) is 2. The van der Waals surface area contributed by atoms with Gasteiger partial charge in [0.05, 0.1) is 0 Å². The molecule has 0 aliphatic rings. The van der Waals surface area contributed by atoms with Crippen molar-refractivity contribution in [1.29, 1.82) is 0 Å². The molecule has 2 unspecified atom stereocenters. The van der Waals surface area contributed by atoms with Crippen LogP contribution >= 0.6 is 0 Å². The Morgan fingerprint density at radius 2 is 1.90 bits per heavy atom. The van der Waals surface area contributed by atoms with Crippen molar-refractivity contribution in [2.24, 2.45) is 5.92 Å². The summed E-state index contributed by atoms with van der Waals surface area (Å²) in [5, 5.41) is 11.2. The molecule has 0 saturated heterocycles. The second-order valence-electron chi connectivity index (χ2n) is 5.28. The third kappa shape index (κ3) is 5.89. The summed E-state index contributed by atoms with van der Waals surface area (Å²) in [5.41, 5.74) is 0.283. The SMILES string of the molecule is CC(CNC(=O)CC(C)c1ccc(F)cc1F)CC(=O)O. The van der Waals surface area contributed by atoms with Crippen molar-refractivity contribution >= 4 is 11.9 Å². The molecular weight excluding hydrogens is 280 g/mol. The number of halogens is 2. The summed E-state index contributed by atoms with van der Waals surface area (Å²) in [5.74, 6) is -3.10. The monoisotopic (exact) mass is 299 g/mol. The fourth-order valence-electron chi connectivity index (χ4n) is 2.02. The number of carboxylic acids is 1. The lowest BCUT2D eigenvalue weighted by atomic mass is 9.96. The number of carboxylic acid groups (broad SMARTS) is 1. The highest BCUT2D eigenvalue weighted by Gasteiger charge is 2.16. The van der Waals surface area contributed by atoms with Crippen molar-refractivity contribution in [1.82, 2.24) is 5.32 Å². The van der Waals surface area contributed by atoms with E-state index in [2.05, 4.69) is 5.32 Å². The standard InChI is InChI=1S/C15H19F2NO3/c1-9(5-15(20)21)8-18-14(19)6-10(2)12-4-3-11(16)7-13(12)17/h3-4,7,9-10H,5-6,8H2,1-2H3,(H,18,19)(H,20,21). The molecule has 1 rings (SSSR count). The zero-order valence-electron chi connectivity index (χ0n) is 12.0. The Morgan fingerprint density at radius 1 is 1.24 bits per heavy atom. The first-order chi connectivity index (χ1) is 9.79. The van der Waals surface area contributed by atoms with Crippen LogP contribution in [0.4, 0.5) is 8.78 Å². The van der Waals surface area contributed by atoms with Crippen molar-refractivity contribution in [3.8, 4) is 0 Å². The van der Waals surface area contributed by atoms with Crippen molar-refractivity contribution in [3.63, 3.8) is 0 Å². The molecule has 2 N–H and O–H groups in total. The van der Waals surface area contributed by atoms with Gasteiger partial charge >= 0.3 is 5.97 Å². The Hall–Kier alpha value is -1.98. The van der Waals surface area contributed by atoms with E-state index in [1.807, 2.05) is 0 Å². The van der Waals surface area contributed by atoms with E-state index in [1.165, 1.54) is 6.07 Å². The minimum absolute atomic E-state index is 0.0254. The average molecular weight is 299 g/mol. The largest absolute Gasteiger partial charge is 0.481 e. The van der Waals surface area contributed by atoms with E-state index in [9.17, 15) is 18.4 Å². The maximum absolute atomic E-state index is 13.6. The Bertz CT molecular complexity index is 520. The van der Waals surface area contributed by atoms with E-state index in [1.54, 1.807) is 13.8 Å². The Kier molecular flexibility index (Phi) is 6.27. The van der Waals surface area contributed by atoms with Gasteiger partial charge in [0.15, 0.2) is 0 Å². The molecule has 0 aliphatic heterocycles. The molecule has 21 heavy (non-hydrogen) atoms. The van der Waals surface area contributed by atoms with Gasteiger partial charge in [0.2, 0.25) is 5.91 Å². The van der Waals surface area contributed by atoms with Gasteiger partial charge in [0.1, 0.15) is 11.6 Å². The van der Waals surface area contributed by atoms with Crippen molar-refractivity contribution in [2.45, 2.75) is 32.6 Å². The van der Waals surface area contributed by atoms with Crippen molar-refractivity contribution < 1.29 is 23.5 Å². The number of amides is 1. The van der Waals surface area contributed by atoms with Gasteiger partial charge in [-0.2, -0.15) is 0 Å². The number of benzene rings is 1. The predicted molar refractivity (Wildman–Crippen MR) is 73.8 cm³/mol. The highest BCUT2D eigenvalue weighted by atomic mass is 19.1. The molecule has 0 heterocycles. The van der Waals surface area contributed by atoms with E-state index >= 15 is 0 Å². The van der Waals surface area contributed by atoms with Crippen LogP contribution in [-0.2, 0) is 9.59 Å². The highest BCUT2D eigenvalue weighted by molar-refractivity contribution is 5.77. The molecule has 1 aromatic rings. The van der Waals surface area contributed by atoms with Crippen LogP contribution in [0, 0.1) is 17.6 Å². The Labute approximate surface area is 122 Å². The van der Waals surface area contributed by atoms with Gasteiger partial charge in [-0.05, 0) is 23.5 Å². The summed E-state index contributed by atoms with van der Waals surface area (Å²) in [6, 6.07) is 3.27. The van der Waals surface area contributed by atoms with Gasteiger partial charge in [-0.3, -0.25) is 9.59 Å². The third-order valence-corrected chi connectivity index (χ3v) is 3.16. The molecule has 0 radical (unpaired) electrons. The molecule has 0 aliphatic carbocycles. The first-order valence-electron chi connectivity index (χ1n) is 6.73. The number of nitrogens with one attached hydrogen (secondary N) is 1. The van der Waals surface area contributed by atoms with Crippen LogP contribution < -0.4 is 5.32 Å². The average Bonchev–Trinajstić information content (AvgIpc) is 2.35. The summed E-state index contributed by atoms with van der Waals surface area (Å²) < 4.78 is 26.4. The maximum atomic E-state index is 13.6. The molecule has 116 valence electrons. The second kappa shape index (κ2) is 7.71. The van der Waals surface area contributed by atoms with Crippen molar-refractivity contribution in [3.05, 3.63) is 35.4 Å². The number of hydrogen-bond donors (Lipinski definition) is 2. The predicted octanol–water partition coefficient (Wildman–Crippen LogP) is 2.69. The Morgan fingerprint density at radius 3 is 2.48 bits per heavy atom. The number of rotatable bonds is 7. The number of carbonyl (C=O) groups excluding carboxylic acids is 1. The first kappa shape index (κ1) is 17.1. The molecule has 4 nitrogen and oxygen atoms in total. The third-order valence-electron chi connectivity index (χ3n) is 3.16. The molecule has 0 spiro atoms. The van der Waals surface area contributed by atoms with Gasteiger partial charge in [-0.15, -0.1) is 0 Å². The van der Waals surface area contributed by atoms with E-state index < -0.39 is 17.6 Å². The van der Waals surface area contributed by atoms with Crippen LogP contribution in [0.2, 0.25) is 0 Å². The van der Waals surface area contributed by atoms with Gasteiger partial charge in [-0.1, -0.05) is 19.9 Å². The summed E-state index contributed by atoms with van der Waals surface area (Å²) in [7, 11) is 0. The quantitative estimate of drug-likeness (QED) is 0.813. The first-order valence-corrected chi connectivity index (χ1v) is 6.73. The molecule has 1 amide bonds. The smallest absolute Gasteiger partial charge is 0.303 e. The molecule has 0 aromatic heterocycles. The van der Waals surface area contributed by atoms with Gasteiger partial charge in [-0.25, -0.2) is 8.78 Å². The minimum Gasteiger partial charge on any atom is -0.481 e. The molecule has 0 fully saturated rings. The van der Waals surface area contributed by atoms with Crippen LogP contribution in [-0.4, -0.2) is 23.5 Å². The zero-order chi connectivity index (χ0) is 16.0. The van der Waals surface area contributed by atoms with E-state index in [4.69, 9.17) is 5.11 Å². The van der Waals surface area contributed by atoms with Gasteiger partial charge in [0.25, 0.3) is 0 Å². The fraction of sp³-hybridized carbons (Fsp3) is 0.467. The summed E-state index contributed by atoms with van der Waals surface area (Å²) >= 11 is 0. The minimum atomic E-state index is -0.918. The van der Waals surface area contributed by atoms with E-state index in [-0.39, 0.29) is 42.7 Å². The fourth-order valence-corrected chi connectivity index (χ4v) is 2.02. The molecule has 1 aromatic carbocycles. The van der Waals surface area contributed by atoms with Crippen LogP contribution in [0.3, 0.4) is 0 Å². The molecule has 0 saturated carbocycles. The summed E-state index contributed by atoms with van der Waals surface area (Å²) in [4.78, 5) is 22.2. The topological polar surface area (TPSA) is 66.4 Å². The normalized spacial score (nSPS) is 13.5. The lowest BCUT2D eigenvalue weighted by Crippen LogP contribution is -2.30. The van der Waals surface area contributed by atoms with Crippen molar-refractivity contribution in [2.75, 3.05) is 6.54 Å². The lowest BCUT2D eigenvalue weighted by molar-refractivity contribution is -0.138. The van der Waals surface area contributed by atoms with Crippen LogP contribution in [0.1, 0.15) is 38.2 Å². The highest BCUT2D eigenvalue weighted by Crippen LogP contribution is 2.22. The van der Waals surface area contributed by atoms with Crippen LogP contribution in [0.5, 0.6) is 0 Å². The second-order valence-corrected chi connectivity index (χ2v) is 5.28. The molecule has 2 atom stereocenters. The lowest BCUT2D eigenvalue weighted by Gasteiger charge is -2.14. The van der Waals surface area contributed by atoms with Gasteiger partial charge < -0.3 is 10.4 Å². The molecular formula is C15H19F2NO3. The zero-order valence-corrected chi connectivity index (χ0v) is 12.0. The molecule has 0 bridgehead atoms. The van der Waals surface area contributed by atoms with E-state index in [0.29, 0.717) is 0 Å². The van der Waals surface area contributed by atoms with Gasteiger partial charge in [0, 0.05) is 25.5 Å². The summed E-state index contributed by atoms with van der Waals surface area (Å²) in [6.45, 7) is 3.65. The number of carbonyl (C=O) groups is 2. The molecule has 6 heteroatoms. The summed E-state index contributed by atoms with van der Waals surface area (Å²) in [6.07, 6.45) is 0.0325. The number of aliphatic carboxylic acids is 1. The van der Waals surface area contributed by atoms with E-state index in [0.717, 1.165) is 12.1 Å². The van der Waals surface area contributed by atoms with Crippen LogP contribution in [0.15, 0.2) is 18.2 Å². The Balaban J connectivity index is 2.48. The maximum Gasteiger partial charge on any atom is 0.303 e.